The van der Waals surface area contributed by atoms with Crippen LogP contribution in [0.1, 0.15) is 12.8 Å². The Hall–Kier alpha value is -0.860. The maximum Gasteiger partial charge on any atom is 0.327 e. The smallest absolute Gasteiger partial charge is 0.327 e. The SMILES string of the molecule is CNC(CSc1nnc(N(C)C)s1)(C(=O)OC)C1CC1. The Bertz CT molecular complexity index is 476. The first-order valence-corrected chi connectivity index (χ1v) is 8.24. The van der Waals surface area contributed by atoms with E-state index in [0.29, 0.717) is 11.7 Å². The average molecular weight is 316 g/mol. The van der Waals surface area contributed by atoms with Crippen molar-refractivity contribution >= 4 is 34.2 Å². The van der Waals surface area contributed by atoms with Crippen molar-refractivity contribution < 1.29 is 9.53 Å². The molecule has 1 unspecified atom stereocenters. The summed E-state index contributed by atoms with van der Waals surface area (Å²) in [5.41, 5.74) is -0.608. The molecular weight excluding hydrogens is 296 g/mol. The standard InChI is InChI=1S/C12H20N4O2S2/c1-13-12(8-5-6-8,9(17)18-4)7-19-11-15-14-10(20-11)16(2)3/h8,13H,5-7H2,1-4H3. The number of thioether (sulfide) groups is 1. The highest BCUT2D eigenvalue weighted by molar-refractivity contribution is 8.01. The number of likely N-dealkylation sites (N-methyl/N-ethyl adjacent to an activating group) is 1. The minimum absolute atomic E-state index is 0.188. The zero-order valence-corrected chi connectivity index (χ0v) is 13.8. The van der Waals surface area contributed by atoms with Crippen molar-refractivity contribution in [1.82, 2.24) is 15.5 Å². The van der Waals surface area contributed by atoms with Gasteiger partial charge in [-0.15, -0.1) is 10.2 Å². The number of carbonyl (C=O) groups is 1. The van der Waals surface area contributed by atoms with Gasteiger partial charge in [0.2, 0.25) is 5.13 Å². The summed E-state index contributed by atoms with van der Waals surface area (Å²) in [6.45, 7) is 0. The molecule has 0 aromatic carbocycles. The highest BCUT2D eigenvalue weighted by Gasteiger charge is 2.51. The second kappa shape index (κ2) is 6.28. The largest absolute Gasteiger partial charge is 0.468 e. The number of anilines is 1. The molecule has 1 saturated carbocycles. The van der Waals surface area contributed by atoms with Crippen LogP contribution in [0, 0.1) is 5.92 Å². The number of esters is 1. The van der Waals surface area contributed by atoms with Gasteiger partial charge in [-0.3, -0.25) is 4.79 Å². The second-order valence-electron chi connectivity index (χ2n) is 5.02. The van der Waals surface area contributed by atoms with E-state index in [1.165, 1.54) is 18.4 Å². The van der Waals surface area contributed by atoms with Crippen LogP contribution < -0.4 is 10.2 Å². The van der Waals surface area contributed by atoms with Gasteiger partial charge in [-0.2, -0.15) is 0 Å². The first-order chi connectivity index (χ1) is 9.53. The zero-order chi connectivity index (χ0) is 14.8. The molecule has 20 heavy (non-hydrogen) atoms. The van der Waals surface area contributed by atoms with Gasteiger partial charge in [-0.05, 0) is 25.8 Å². The van der Waals surface area contributed by atoms with Gasteiger partial charge in [-0.1, -0.05) is 23.1 Å². The van der Waals surface area contributed by atoms with Gasteiger partial charge in [0.25, 0.3) is 0 Å². The minimum Gasteiger partial charge on any atom is -0.468 e. The normalized spacial score (nSPS) is 17.6. The summed E-state index contributed by atoms with van der Waals surface area (Å²) in [5, 5.41) is 12.3. The number of methoxy groups -OCH3 is 1. The maximum absolute atomic E-state index is 12.1. The Morgan fingerprint density at radius 1 is 1.55 bits per heavy atom. The molecule has 112 valence electrons. The van der Waals surface area contributed by atoms with Crippen LogP contribution in [0.25, 0.3) is 0 Å². The number of carbonyl (C=O) groups excluding carboxylic acids is 1. The predicted molar refractivity (Wildman–Crippen MR) is 81.5 cm³/mol. The fourth-order valence-electron chi connectivity index (χ4n) is 2.10. The molecular formula is C12H20N4O2S2. The fourth-order valence-corrected chi connectivity index (χ4v) is 4.18. The van der Waals surface area contributed by atoms with Crippen LogP contribution in [-0.2, 0) is 9.53 Å². The van der Waals surface area contributed by atoms with E-state index < -0.39 is 5.54 Å². The molecule has 0 spiro atoms. The molecule has 1 aliphatic rings. The molecule has 0 amide bonds. The molecule has 1 aliphatic carbocycles. The average Bonchev–Trinajstić information content (AvgIpc) is 3.17. The van der Waals surface area contributed by atoms with Gasteiger partial charge in [0.15, 0.2) is 4.34 Å². The van der Waals surface area contributed by atoms with E-state index in [2.05, 4.69) is 15.5 Å². The summed E-state index contributed by atoms with van der Waals surface area (Å²) in [4.78, 5) is 14.1. The van der Waals surface area contributed by atoms with Crippen molar-refractivity contribution in [3.8, 4) is 0 Å². The number of nitrogens with zero attached hydrogens (tertiary/aromatic N) is 3. The van der Waals surface area contributed by atoms with Gasteiger partial charge in [-0.25, -0.2) is 0 Å². The molecule has 8 heteroatoms. The summed E-state index contributed by atoms with van der Waals surface area (Å²) in [6, 6.07) is 0. The topological polar surface area (TPSA) is 67.4 Å². The number of ether oxygens (including phenoxy) is 1. The lowest BCUT2D eigenvalue weighted by molar-refractivity contribution is -0.148. The van der Waals surface area contributed by atoms with E-state index in [1.807, 2.05) is 26.0 Å². The molecule has 1 aromatic heterocycles. The van der Waals surface area contributed by atoms with Gasteiger partial charge in [0.1, 0.15) is 5.54 Å². The number of hydrogen-bond donors (Lipinski definition) is 1. The lowest BCUT2D eigenvalue weighted by Gasteiger charge is -2.29. The summed E-state index contributed by atoms with van der Waals surface area (Å²) < 4.78 is 5.86. The van der Waals surface area contributed by atoms with Crippen molar-refractivity contribution in [3.63, 3.8) is 0 Å². The van der Waals surface area contributed by atoms with Crippen LogP contribution in [0.5, 0.6) is 0 Å². The summed E-state index contributed by atoms with van der Waals surface area (Å²) in [6.07, 6.45) is 2.13. The van der Waals surface area contributed by atoms with Crippen LogP contribution in [0.3, 0.4) is 0 Å². The number of nitrogens with one attached hydrogen (secondary N) is 1. The third-order valence-corrected chi connectivity index (χ3v) is 5.89. The molecule has 1 atom stereocenters. The zero-order valence-electron chi connectivity index (χ0n) is 12.2. The van der Waals surface area contributed by atoms with Gasteiger partial charge in [0, 0.05) is 19.8 Å². The van der Waals surface area contributed by atoms with E-state index in [1.54, 1.807) is 11.8 Å². The van der Waals surface area contributed by atoms with Gasteiger partial charge >= 0.3 is 5.97 Å². The molecule has 0 radical (unpaired) electrons. The van der Waals surface area contributed by atoms with E-state index in [0.717, 1.165) is 22.3 Å². The van der Waals surface area contributed by atoms with Crippen LogP contribution in [0.15, 0.2) is 4.34 Å². The summed E-state index contributed by atoms with van der Waals surface area (Å²) in [5.74, 6) is 0.782. The highest BCUT2D eigenvalue weighted by Crippen LogP contribution is 2.43. The molecule has 1 fully saturated rings. The molecule has 2 rings (SSSR count). The highest BCUT2D eigenvalue weighted by atomic mass is 32.2. The van der Waals surface area contributed by atoms with E-state index in [4.69, 9.17) is 4.74 Å². The third-order valence-electron chi connectivity index (χ3n) is 3.47. The predicted octanol–water partition coefficient (Wildman–Crippen LogP) is 1.24. The van der Waals surface area contributed by atoms with Crippen LogP contribution in [-0.4, -0.2) is 55.7 Å². The summed E-state index contributed by atoms with van der Waals surface area (Å²) >= 11 is 3.09. The first kappa shape index (κ1) is 15.5. The molecule has 0 aliphatic heterocycles. The molecule has 1 aromatic rings. The molecule has 1 heterocycles. The number of hydrogen-bond acceptors (Lipinski definition) is 8. The van der Waals surface area contributed by atoms with Crippen molar-refractivity contribution in [2.45, 2.75) is 22.7 Å². The van der Waals surface area contributed by atoms with Crippen molar-refractivity contribution in [2.75, 3.05) is 38.9 Å². The number of aromatic nitrogens is 2. The monoisotopic (exact) mass is 316 g/mol. The molecule has 6 nitrogen and oxygen atoms in total. The van der Waals surface area contributed by atoms with Crippen LogP contribution >= 0.6 is 23.1 Å². The van der Waals surface area contributed by atoms with Gasteiger partial charge in [0.05, 0.1) is 7.11 Å². The van der Waals surface area contributed by atoms with Crippen molar-refractivity contribution in [2.24, 2.45) is 5.92 Å². The van der Waals surface area contributed by atoms with Crippen molar-refractivity contribution in [3.05, 3.63) is 0 Å². The molecule has 0 bridgehead atoms. The Morgan fingerprint density at radius 3 is 2.70 bits per heavy atom. The Balaban J connectivity index is 2.06. The van der Waals surface area contributed by atoms with E-state index >= 15 is 0 Å². The quantitative estimate of drug-likeness (QED) is 0.599. The minimum atomic E-state index is -0.608. The first-order valence-electron chi connectivity index (χ1n) is 6.44. The number of rotatable bonds is 7. The lowest BCUT2D eigenvalue weighted by atomic mass is 9.96. The van der Waals surface area contributed by atoms with Gasteiger partial charge < -0.3 is 15.0 Å². The summed E-state index contributed by atoms with van der Waals surface area (Å²) in [7, 11) is 7.13. The molecule has 0 saturated heterocycles. The second-order valence-corrected chi connectivity index (χ2v) is 7.20. The van der Waals surface area contributed by atoms with Crippen molar-refractivity contribution in [1.29, 1.82) is 0 Å². The Morgan fingerprint density at radius 2 is 2.25 bits per heavy atom. The third kappa shape index (κ3) is 3.07. The maximum atomic E-state index is 12.1. The van der Waals surface area contributed by atoms with E-state index in [-0.39, 0.29) is 5.97 Å². The molecule has 1 N–H and O–H groups in total. The Kier molecular flexibility index (Phi) is 4.87. The van der Waals surface area contributed by atoms with E-state index in [9.17, 15) is 4.79 Å². The lowest BCUT2D eigenvalue weighted by Crippen LogP contribution is -2.55. The van der Waals surface area contributed by atoms with Crippen LogP contribution in [0.4, 0.5) is 5.13 Å². The van der Waals surface area contributed by atoms with Crippen LogP contribution in [0.2, 0.25) is 0 Å². The fraction of sp³-hybridized carbons (Fsp3) is 0.750. The Labute approximate surface area is 127 Å².